The first kappa shape index (κ1) is 11.3. The van der Waals surface area contributed by atoms with Crippen molar-refractivity contribution >= 4 is 17.5 Å². The summed E-state index contributed by atoms with van der Waals surface area (Å²) in [5.41, 5.74) is 4.02. The topological polar surface area (TPSA) is 17.1 Å². The molecule has 1 aliphatic heterocycles. The first-order valence-electron chi connectivity index (χ1n) is 6.41. The van der Waals surface area contributed by atoms with Crippen LogP contribution in [-0.2, 0) is 11.8 Å². The van der Waals surface area contributed by atoms with Crippen LogP contribution in [0.5, 0.6) is 0 Å². The van der Waals surface area contributed by atoms with Crippen molar-refractivity contribution in [2.24, 2.45) is 0 Å². The van der Waals surface area contributed by atoms with Gasteiger partial charge < -0.3 is 0 Å². The number of carbonyl (C=O) groups is 1. The first-order chi connectivity index (χ1) is 8.08. The summed E-state index contributed by atoms with van der Waals surface area (Å²) in [4.78, 5) is 13.3. The summed E-state index contributed by atoms with van der Waals surface area (Å²) in [6.45, 7) is 4.64. The number of aryl methyl sites for hydroxylation is 1. The number of rotatable bonds is 0. The lowest BCUT2D eigenvalue weighted by atomic mass is 9.78. The Bertz CT molecular complexity index is 488. The van der Waals surface area contributed by atoms with E-state index in [1.165, 1.54) is 28.2 Å². The second kappa shape index (κ2) is 3.88. The van der Waals surface area contributed by atoms with Crippen LogP contribution >= 0.6 is 11.8 Å². The van der Waals surface area contributed by atoms with Crippen LogP contribution in [0.1, 0.15) is 54.6 Å². The third-order valence-electron chi connectivity index (χ3n) is 4.07. The van der Waals surface area contributed by atoms with E-state index in [0.717, 1.165) is 24.8 Å². The average Bonchev–Trinajstić information content (AvgIpc) is 2.28. The average molecular weight is 246 g/mol. The fourth-order valence-electron chi connectivity index (χ4n) is 2.86. The summed E-state index contributed by atoms with van der Waals surface area (Å²) in [6.07, 6.45) is 4.07. The van der Waals surface area contributed by atoms with Gasteiger partial charge in [-0.1, -0.05) is 19.9 Å². The van der Waals surface area contributed by atoms with Gasteiger partial charge in [-0.05, 0) is 47.6 Å². The molecule has 0 aromatic heterocycles. The Hall–Kier alpha value is -0.760. The molecule has 3 rings (SSSR count). The van der Waals surface area contributed by atoms with E-state index in [4.69, 9.17) is 0 Å². The smallest absolute Gasteiger partial charge is 0.163 e. The van der Waals surface area contributed by atoms with Crippen molar-refractivity contribution in [2.75, 3.05) is 5.75 Å². The maximum atomic E-state index is 11.9. The van der Waals surface area contributed by atoms with Gasteiger partial charge in [0.15, 0.2) is 5.78 Å². The van der Waals surface area contributed by atoms with Crippen LogP contribution in [0.4, 0.5) is 0 Å². The van der Waals surface area contributed by atoms with Gasteiger partial charge in [0.05, 0.1) is 0 Å². The minimum atomic E-state index is 0.274. The Morgan fingerprint density at radius 2 is 2.06 bits per heavy atom. The van der Waals surface area contributed by atoms with Crippen LogP contribution in [0.25, 0.3) is 0 Å². The van der Waals surface area contributed by atoms with Gasteiger partial charge >= 0.3 is 0 Å². The minimum Gasteiger partial charge on any atom is -0.294 e. The molecule has 0 spiro atoms. The number of thioether (sulfide) groups is 1. The van der Waals surface area contributed by atoms with Crippen LogP contribution < -0.4 is 0 Å². The van der Waals surface area contributed by atoms with Gasteiger partial charge in [-0.15, -0.1) is 11.8 Å². The van der Waals surface area contributed by atoms with Crippen molar-refractivity contribution in [2.45, 2.75) is 49.8 Å². The van der Waals surface area contributed by atoms with E-state index >= 15 is 0 Å². The predicted molar refractivity (Wildman–Crippen MR) is 72.1 cm³/mol. The summed E-state index contributed by atoms with van der Waals surface area (Å²) in [6, 6.07) is 4.48. The van der Waals surface area contributed by atoms with Gasteiger partial charge in [-0.2, -0.15) is 0 Å². The Morgan fingerprint density at radius 1 is 1.24 bits per heavy atom. The third kappa shape index (κ3) is 1.83. The van der Waals surface area contributed by atoms with Gasteiger partial charge in [0.2, 0.25) is 0 Å². The Morgan fingerprint density at radius 3 is 2.88 bits per heavy atom. The molecule has 1 aromatic rings. The number of carbonyl (C=O) groups excluding carboxylic acids is 1. The molecule has 0 saturated heterocycles. The highest BCUT2D eigenvalue weighted by Gasteiger charge is 2.30. The van der Waals surface area contributed by atoms with E-state index in [1.54, 1.807) is 0 Å². The fourth-order valence-corrected chi connectivity index (χ4v) is 4.39. The molecule has 2 aliphatic rings. The predicted octanol–water partition coefficient (Wildman–Crippen LogP) is 3.98. The monoisotopic (exact) mass is 246 g/mol. The van der Waals surface area contributed by atoms with Gasteiger partial charge in [0.25, 0.3) is 0 Å². The highest BCUT2D eigenvalue weighted by atomic mass is 32.2. The number of benzene rings is 1. The van der Waals surface area contributed by atoms with Crippen molar-refractivity contribution in [1.29, 1.82) is 0 Å². The highest BCUT2D eigenvalue weighted by molar-refractivity contribution is 7.99. The van der Waals surface area contributed by atoms with Crippen LogP contribution in [0.3, 0.4) is 0 Å². The second-order valence-corrected chi connectivity index (χ2v) is 6.90. The first-order valence-corrected chi connectivity index (χ1v) is 7.40. The molecule has 0 unspecified atom stereocenters. The van der Waals surface area contributed by atoms with Gasteiger partial charge in [-0.3, -0.25) is 4.79 Å². The second-order valence-electron chi connectivity index (χ2n) is 5.76. The number of Topliss-reactive ketones (excluding diaryl/α,β-unsaturated/α-hetero) is 1. The summed E-state index contributed by atoms with van der Waals surface area (Å²) in [7, 11) is 0. The maximum absolute atomic E-state index is 11.9. The summed E-state index contributed by atoms with van der Waals surface area (Å²) in [5, 5.41) is 0. The lowest BCUT2D eigenvalue weighted by molar-refractivity contribution is 0.0972. The Balaban J connectivity index is 2.17. The Labute approximate surface area is 107 Å². The minimum absolute atomic E-state index is 0.274. The van der Waals surface area contributed by atoms with Gasteiger partial charge in [0, 0.05) is 16.9 Å². The SMILES string of the molecule is CC1(C)CCSc2cc3c(cc21)CCCC3=O. The molecule has 1 aromatic carbocycles. The largest absolute Gasteiger partial charge is 0.294 e. The van der Waals surface area contributed by atoms with E-state index in [-0.39, 0.29) is 5.41 Å². The van der Waals surface area contributed by atoms with Crippen LogP contribution in [-0.4, -0.2) is 11.5 Å². The van der Waals surface area contributed by atoms with Gasteiger partial charge in [-0.25, -0.2) is 0 Å². The van der Waals surface area contributed by atoms with E-state index in [1.807, 2.05) is 11.8 Å². The molecule has 2 heteroatoms. The molecule has 90 valence electrons. The molecule has 0 saturated carbocycles. The zero-order valence-corrected chi connectivity index (χ0v) is 11.3. The van der Waals surface area contributed by atoms with Crippen molar-refractivity contribution < 1.29 is 4.79 Å². The van der Waals surface area contributed by atoms with Crippen molar-refractivity contribution in [3.05, 3.63) is 28.8 Å². The molecule has 1 heterocycles. The number of fused-ring (bicyclic) bond motifs is 2. The highest BCUT2D eigenvalue weighted by Crippen LogP contribution is 2.43. The standard InChI is InChI=1S/C15H18OS/c1-15(2)6-7-17-14-9-11-10(8-12(14)15)4-3-5-13(11)16/h8-9H,3-7H2,1-2H3. The van der Waals surface area contributed by atoms with E-state index in [0.29, 0.717) is 5.78 Å². The molecule has 1 nitrogen and oxygen atoms in total. The number of hydrogen-bond acceptors (Lipinski definition) is 2. The fraction of sp³-hybridized carbons (Fsp3) is 0.533. The van der Waals surface area contributed by atoms with Crippen LogP contribution in [0, 0.1) is 0 Å². The number of hydrogen-bond donors (Lipinski definition) is 0. The van der Waals surface area contributed by atoms with E-state index in [2.05, 4.69) is 26.0 Å². The molecule has 0 bridgehead atoms. The quantitative estimate of drug-likeness (QED) is 0.689. The lowest BCUT2D eigenvalue weighted by Crippen LogP contribution is -2.24. The normalized spacial score (nSPS) is 21.9. The molecule has 0 amide bonds. The lowest BCUT2D eigenvalue weighted by Gasteiger charge is -2.33. The summed E-state index contributed by atoms with van der Waals surface area (Å²) >= 11 is 1.91. The molecular formula is C15H18OS. The molecule has 17 heavy (non-hydrogen) atoms. The van der Waals surface area contributed by atoms with Crippen LogP contribution in [0.2, 0.25) is 0 Å². The van der Waals surface area contributed by atoms with E-state index < -0.39 is 0 Å². The molecule has 0 N–H and O–H groups in total. The zero-order valence-electron chi connectivity index (χ0n) is 10.5. The number of ketones is 1. The molecule has 1 aliphatic carbocycles. The Kier molecular flexibility index (Phi) is 2.58. The summed E-state index contributed by atoms with van der Waals surface area (Å²) in [5.74, 6) is 1.52. The van der Waals surface area contributed by atoms with Gasteiger partial charge in [0.1, 0.15) is 0 Å². The van der Waals surface area contributed by atoms with Crippen LogP contribution in [0.15, 0.2) is 17.0 Å². The zero-order chi connectivity index (χ0) is 12.0. The molecule has 0 atom stereocenters. The van der Waals surface area contributed by atoms with Crippen molar-refractivity contribution in [1.82, 2.24) is 0 Å². The summed E-state index contributed by atoms with van der Waals surface area (Å²) < 4.78 is 0. The molecule has 0 fully saturated rings. The van der Waals surface area contributed by atoms with E-state index in [9.17, 15) is 4.79 Å². The van der Waals surface area contributed by atoms with Crippen molar-refractivity contribution in [3.8, 4) is 0 Å². The molecular weight excluding hydrogens is 228 g/mol. The van der Waals surface area contributed by atoms with Crippen molar-refractivity contribution in [3.63, 3.8) is 0 Å². The maximum Gasteiger partial charge on any atom is 0.163 e. The third-order valence-corrected chi connectivity index (χ3v) is 5.13. The molecule has 0 radical (unpaired) electrons.